The third kappa shape index (κ3) is 13.9. The quantitative estimate of drug-likeness (QED) is 0.0445. The lowest BCUT2D eigenvalue weighted by Crippen LogP contribution is -2.21. The van der Waals surface area contributed by atoms with Crippen molar-refractivity contribution in [1.82, 2.24) is 0 Å². The zero-order valence-electron chi connectivity index (χ0n) is 26.0. The van der Waals surface area contributed by atoms with Gasteiger partial charge in [0.1, 0.15) is 5.75 Å². The first kappa shape index (κ1) is 36.4. The molecule has 0 aliphatic carbocycles. The van der Waals surface area contributed by atoms with Crippen molar-refractivity contribution in [3.8, 4) is 5.75 Å². The summed E-state index contributed by atoms with van der Waals surface area (Å²) in [6, 6.07) is 16.5. The Hall–Kier alpha value is -4.08. The normalized spacial score (nSPS) is 12.0. The van der Waals surface area contributed by atoms with Gasteiger partial charge in [-0.15, -0.1) is 0 Å². The van der Waals surface area contributed by atoms with Gasteiger partial charge in [-0.2, -0.15) is 22.0 Å². The number of nitrogen functional groups attached to an aromatic ring is 2. The van der Waals surface area contributed by atoms with Crippen LogP contribution in [0.5, 0.6) is 5.75 Å². The van der Waals surface area contributed by atoms with E-state index in [9.17, 15) is 26.7 Å². The van der Waals surface area contributed by atoms with Crippen molar-refractivity contribution < 1.29 is 36.2 Å². The van der Waals surface area contributed by atoms with E-state index in [-0.39, 0.29) is 18.6 Å². The SMILES string of the molecule is Nc1ccc(CCCCCCCCCCOC(=O)/C=C/c2ccc(OC(F)(F)c3ccc(CCCC(F)(F)F)cc3)cc2)c(N)c1. The van der Waals surface area contributed by atoms with Crippen LogP contribution in [0.15, 0.2) is 72.8 Å². The maximum absolute atomic E-state index is 14.6. The van der Waals surface area contributed by atoms with Crippen molar-refractivity contribution >= 4 is 23.4 Å². The molecule has 0 aliphatic rings. The Labute approximate surface area is 267 Å². The summed E-state index contributed by atoms with van der Waals surface area (Å²) >= 11 is 0. The van der Waals surface area contributed by atoms with E-state index in [4.69, 9.17) is 20.9 Å². The van der Waals surface area contributed by atoms with E-state index in [0.717, 1.165) is 68.3 Å². The van der Waals surface area contributed by atoms with Crippen LogP contribution in [0, 0.1) is 0 Å². The number of carbonyl (C=O) groups excluding carboxylic acids is 1. The van der Waals surface area contributed by atoms with Crippen molar-refractivity contribution in [1.29, 1.82) is 0 Å². The summed E-state index contributed by atoms with van der Waals surface area (Å²) in [5.41, 5.74) is 15.1. The van der Waals surface area contributed by atoms with Crippen LogP contribution in [-0.4, -0.2) is 18.8 Å². The number of unbranched alkanes of at least 4 members (excludes halogenated alkanes) is 7. The molecule has 0 fully saturated rings. The highest BCUT2D eigenvalue weighted by Crippen LogP contribution is 2.32. The highest BCUT2D eigenvalue weighted by molar-refractivity contribution is 5.87. The number of rotatable bonds is 19. The number of nitrogens with two attached hydrogens (primary N) is 2. The summed E-state index contributed by atoms with van der Waals surface area (Å²) in [6.07, 6.45) is 3.62. The van der Waals surface area contributed by atoms with Gasteiger partial charge in [-0.25, -0.2) is 4.79 Å². The van der Waals surface area contributed by atoms with Crippen molar-refractivity contribution in [2.24, 2.45) is 0 Å². The number of halogens is 5. The van der Waals surface area contributed by atoms with E-state index < -0.39 is 30.2 Å². The van der Waals surface area contributed by atoms with E-state index in [1.54, 1.807) is 6.07 Å². The number of hydrogen-bond acceptors (Lipinski definition) is 5. The summed E-state index contributed by atoms with van der Waals surface area (Å²) in [4.78, 5) is 12.0. The molecule has 0 amide bonds. The van der Waals surface area contributed by atoms with Gasteiger partial charge in [0.2, 0.25) is 0 Å². The zero-order valence-corrected chi connectivity index (χ0v) is 26.0. The zero-order chi connectivity index (χ0) is 33.4. The lowest BCUT2D eigenvalue weighted by molar-refractivity contribution is -0.185. The molecule has 0 aliphatic heterocycles. The van der Waals surface area contributed by atoms with Gasteiger partial charge in [-0.3, -0.25) is 0 Å². The van der Waals surface area contributed by atoms with E-state index in [0.29, 0.717) is 23.4 Å². The Morgan fingerprint density at radius 2 is 1.35 bits per heavy atom. The van der Waals surface area contributed by atoms with Crippen molar-refractivity contribution in [3.63, 3.8) is 0 Å². The molecule has 0 saturated heterocycles. The van der Waals surface area contributed by atoms with Crippen LogP contribution in [0.1, 0.15) is 86.5 Å². The molecule has 0 unspecified atom stereocenters. The third-order valence-corrected chi connectivity index (χ3v) is 7.51. The lowest BCUT2D eigenvalue weighted by Gasteiger charge is -2.18. The van der Waals surface area contributed by atoms with Crippen LogP contribution in [0.3, 0.4) is 0 Å². The van der Waals surface area contributed by atoms with Crippen LogP contribution in [0.25, 0.3) is 6.08 Å². The first-order chi connectivity index (χ1) is 21.9. The van der Waals surface area contributed by atoms with Gasteiger partial charge in [0, 0.05) is 23.9 Å². The largest absolute Gasteiger partial charge is 0.463 e. The average molecular weight is 647 g/mol. The van der Waals surface area contributed by atoms with E-state index in [2.05, 4.69) is 0 Å². The fourth-order valence-electron chi connectivity index (χ4n) is 4.92. The molecule has 0 saturated carbocycles. The number of ether oxygens (including phenoxy) is 2. The molecular weight excluding hydrogens is 603 g/mol. The maximum atomic E-state index is 14.6. The number of anilines is 2. The summed E-state index contributed by atoms with van der Waals surface area (Å²) in [5, 5.41) is 0. The molecule has 0 aromatic heterocycles. The molecule has 3 aromatic rings. The van der Waals surface area contributed by atoms with Crippen LogP contribution < -0.4 is 16.2 Å². The molecule has 0 radical (unpaired) electrons. The number of esters is 1. The van der Waals surface area contributed by atoms with Crippen LogP contribution in [0.2, 0.25) is 0 Å². The monoisotopic (exact) mass is 646 g/mol. The molecule has 250 valence electrons. The first-order valence-electron chi connectivity index (χ1n) is 15.7. The van der Waals surface area contributed by atoms with Gasteiger partial charge >= 0.3 is 18.3 Å². The summed E-state index contributed by atoms with van der Waals surface area (Å²) in [6.45, 7) is 0.336. The molecule has 0 heterocycles. The topological polar surface area (TPSA) is 87.6 Å². The Morgan fingerprint density at radius 3 is 1.98 bits per heavy atom. The molecule has 0 atom stereocenters. The molecule has 3 aromatic carbocycles. The van der Waals surface area contributed by atoms with Crippen molar-refractivity contribution in [2.45, 2.75) is 89.3 Å². The Morgan fingerprint density at radius 1 is 0.717 bits per heavy atom. The van der Waals surface area contributed by atoms with E-state index in [1.807, 2.05) is 12.1 Å². The predicted molar refractivity (Wildman–Crippen MR) is 172 cm³/mol. The standard InChI is InChI=1S/C36H43F5N2O3/c37-35(38,39)24-9-10-27-12-18-30(19-13-27)36(40,41)46-32-21-14-28(15-22-32)16-23-34(44)45-25-8-6-4-2-1-3-5-7-11-29-17-20-31(42)26-33(29)43/h12-23,26H,1-11,24-25,42-43H2/b23-16+. The molecule has 46 heavy (non-hydrogen) atoms. The van der Waals surface area contributed by atoms with Gasteiger partial charge in [0.15, 0.2) is 0 Å². The first-order valence-corrected chi connectivity index (χ1v) is 15.7. The second-order valence-electron chi connectivity index (χ2n) is 11.4. The third-order valence-electron chi connectivity index (χ3n) is 7.51. The summed E-state index contributed by atoms with van der Waals surface area (Å²) in [5.74, 6) is -0.558. The Balaban J connectivity index is 1.26. The highest BCUT2D eigenvalue weighted by atomic mass is 19.4. The molecule has 0 spiro atoms. The van der Waals surface area contributed by atoms with Gasteiger partial charge in [0.05, 0.1) is 12.2 Å². The van der Waals surface area contributed by atoms with Gasteiger partial charge < -0.3 is 20.9 Å². The fraction of sp³-hybridized carbons (Fsp3) is 0.417. The van der Waals surface area contributed by atoms with Gasteiger partial charge in [-0.05, 0) is 91.3 Å². The molecule has 0 bridgehead atoms. The Bertz CT molecular complexity index is 1370. The van der Waals surface area contributed by atoms with E-state index in [1.165, 1.54) is 61.4 Å². The van der Waals surface area contributed by atoms with Crippen molar-refractivity contribution in [2.75, 3.05) is 18.1 Å². The van der Waals surface area contributed by atoms with Crippen molar-refractivity contribution in [3.05, 3.63) is 95.1 Å². The molecule has 3 rings (SSSR count). The molecule has 4 N–H and O–H groups in total. The molecular formula is C36H43F5N2O3. The Kier molecular flexibility index (Phi) is 14.4. The fourth-order valence-corrected chi connectivity index (χ4v) is 4.92. The lowest BCUT2D eigenvalue weighted by atomic mass is 10.0. The predicted octanol–water partition coefficient (Wildman–Crippen LogP) is 9.78. The minimum absolute atomic E-state index is 0.0812. The van der Waals surface area contributed by atoms with Crippen LogP contribution >= 0.6 is 0 Å². The number of benzene rings is 3. The number of hydrogen-bond donors (Lipinski definition) is 2. The highest BCUT2D eigenvalue weighted by Gasteiger charge is 2.34. The molecule has 10 heteroatoms. The molecule has 5 nitrogen and oxygen atoms in total. The number of alkyl halides is 5. The number of carbonyl (C=O) groups is 1. The van der Waals surface area contributed by atoms with E-state index >= 15 is 0 Å². The second kappa shape index (κ2) is 18.2. The van der Waals surface area contributed by atoms with Crippen LogP contribution in [-0.2, 0) is 28.5 Å². The van der Waals surface area contributed by atoms with Gasteiger partial charge in [-0.1, -0.05) is 68.9 Å². The van der Waals surface area contributed by atoms with Crippen LogP contribution in [0.4, 0.5) is 33.3 Å². The minimum Gasteiger partial charge on any atom is -0.463 e. The number of aryl methyl sites for hydroxylation is 2. The smallest absolute Gasteiger partial charge is 0.426 e. The van der Waals surface area contributed by atoms with Gasteiger partial charge in [0.25, 0.3) is 0 Å². The maximum Gasteiger partial charge on any atom is 0.426 e. The summed E-state index contributed by atoms with van der Waals surface area (Å²) < 4.78 is 76.3. The minimum atomic E-state index is -4.24. The summed E-state index contributed by atoms with van der Waals surface area (Å²) in [7, 11) is 0. The second-order valence-corrected chi connectivity index (χ2v) is 11.4. The average Bonchev–Trinajstić information content (AvgIpc) is 3.00.